The van der Waals surface area contributed by atoms with Gasteiger partial charge in [0.1, 0.15) is 5.82 Å². The third kappa shape index (κ3) is 3.06. The minimum Gasteiger partial charge on any atom is -0.396 e. The van der Waals surface area contributed by atoms with Crippen molar-refractivity contribution in [1.29, 1.82) is 0 Å². The number of halogens is 2. The van der Waals surface area contributed by atoms with E-state index in [1.165, 1.54) is 31.5 Å². The lowest BCUT2D eigenvalue weighted by atomic mass is 9.97. The second-order valence-electron chi connectivity index (χ2n) is 5.88. The molecule has 0 radical (unpaired) electrons. The Hall–Kier alpha value is -1.14. The van der Waals surface area contributed by atoms with Crippen molar-refractivity contribution in [2.75, 3.05) is 18.8 Å². The van der Waals surface area contributed by atoms with Crippen molar-refractivity contribution in [2.45, 2.75) is 37.8 Å². The molecule has 2 unspecified atom stereocenters. The van der Waals surface area contributed by atoms with Crippen LogP contribution in [0.3, 0.4) is 0 Å². The maximum atomic E-state index is 13.3. The van der Waals surface area contributed by atoms with Gasteiger partial charge in [-0.1, -0.05) is 0 Å². The number of nitrogens with zero attached hydrogens (tertiary/aromatic N) is 1. The van der Waals surface area contributed by atoms with Gasteiger partial charge in [0.15, 0.2) is 0 Å². The molecular formula is C15H19BrFN3O. The monoisotopic (exact) mass is 355 g/mol. The van der Waals surface area contributed by atoms with E-state index in [4.69, 9.17) is 5.73 Å². The van der Waals surface area contributed by atoms with E-state index in [0.717, 1.165) is 19.4 Å². The highest BCUT2D eigenvalue weighted by molar-refractivity contribution is 9.10. The molecule has 4 nitrogen and oxygen atoms in total. The number of nitrogens with one attached hydrogen (secondary N) is 1. The molecule has 3 rings (SSSR count). The molecule has 0 spiro atoms. The summed E-state index contributed by atoms with van der Waals surface area (Å²) in [4.78, 5) is 14.9. The first-order valence-corrected chi connectivity index (χ1v) is 8.13. The van der Waals surface area contributed by atoms with E-state index < -0.39 is 5.82 Å². The third-order valence-electron chi connectivity index (χ3n) is 4.49. The second kappa shape index (κ2) is 5.93. The van der Waals surface area contributed by atoms with Crippen molar-refractivity contribution in [1.82, 2.24) is 10.2 Å². The minimum atomic E-state index is -0.516. The van der Waals surface area contributed by atoms with Gasteiger partial charge < -0.3 is 16.0 Å². The van der Waals surface area contributed by atoms with Gasteiger partial charge in [-0.3, -0.25) is 4.79 Å². The van der Waals surface area contributed by atoms with Crippen molar-refractivity contribution >= 4 is 27.5 Å². The number of hydrogen-bond acceptors (Lipinski definition) is 3. The molecule has 1 aromatic rings. The van der Waals surface area contributed by atoms with Crippen LogP contribution in [0.25, 0.3) is 0 Å². The number of hydrogen-bond donors (Lipinski definition) is 2. The van der Waals surface area contributed by atoms with Gasteiger partial charge in [-0.2, -0.15) is 0 Å². The Morgan fingerprint density at radius 3 is 3.00 bits per heavy atom. The van der Waals surface area contributed by atoms with Crippen LogP contribution in [0.1, 0.15) is 36.0 Å². The second-order valence-corrected chi connectivity index (χ2v) is 6.73. The van der Waals surface area contributed by atoms with Gasteiger partial charge in [0.2, 0.25) is 0 Å². The molecule has 2 aliphatic rings. The summed E-state index contributed by atoms with van der Waals surface area (Å²) in [5, 5.41) is 3.06. The predicted octanol–water partition coefficient (Wildman–Crippen LogP) is 2.53. The van der Waals surface area contributed by atoms with Crippen LogP contribution in [0.5, 0.6) is 0 Å². The summed E-state index contributed by atoms with van der Waals surface area (Å²) in [6.45, 7) is 2.23. The first-order valence-electron chi connectivity index (χ1n) is 7.34. The largest absolute Gasteiger partial charge is 0.396 e. The average Bonchev–Trinajstić information content (AvgIpc) is 2.90. The van der Waals surface area contributed by atoms with Crippen molar-refractivity contribution in [2.24, 2.45) is 0 Å². The van der Waals surface area contributed by atoms with Crippen molar-refractivity contribution in [3.63, 3.8) is 0 Å². The zero-order valence-corrected chi connectivity index (χ0v) is 13.3. The molecule has 0 aliphatic carbocycles. The van der Waals surface area contributed by atoms with E-state index in [1.807, 2.05) is 0 Å². The van der Waals surface area contributed by atoms with Crippen LogP contribution in [0.15, 0.2) is 16.6 Å². The fourth-order valence-electron chi connectivity index (χ4n) is 3.36. The molecule has 0 saturated carbocycles. The number of carbonyl (C=O) groups excluding carboxylic acids is 1. The fraction of sp³-hybridized carbons (Fsp3) is 0.533. The van der Waals surface area contributed by atoms with Gasteiger partial charge in [-0.05, 0) is 60.3 Å². The summed E-state index contributed by atoms with van der Waals surface area (Å²) in [5.41, 5.74) is 5.93. The molecule has 114 valence electrons. The van der Waals surface area contributed by atoms with Crippen molar-refractivity contribution < 1.29 is 9.18 Å². The number of rotatable bonds is 2. The van der Waals surface area contributed by atoms with Gasteiger partial charge in [0, 0.05) is 23.1 Å². The van der Waals surface area contributed by atoms with E-state index in [0.29, 0.717) is 16.1 Å². The van der Waals surface area contributed by atoms with Crippen molar-refractivity contribution in [3.05, 3.63) is 28.0 Å². The molecule has 1 aromatic carbocycles. The SMILES string of the molecule is Nc1cc(C(=O)NC2CCN3CCCC3C2)c(Br)cc1F. The topological polar surface area (TPSA) is 58.4 Å². The highest BCUT2D eigenvalue weighted by Crippen LogP contribution is 2.28. The summed E-state index contributed by atoms with van der Waals surface area (Å²) in [6, 6.07) is 3.42. The Labute approximate surface area is 132 Å². The lowest BCUT2D eigenvalue weighted by Gasteiger charge is -2.35. The normalized spacial score (nSPS) is 25.6. The first kappa shape index (κ1) is 14.8. The van der Waals surface area contributed by atoms with Gasteiger partial charge in [-0.25, -0.2) is 4.39 Å². The molecule has 2 saturated heterocycles. The van der Waals surface area contributed by atoms with E-state index in [2.05, 4.69) is 26.1 Å². The van der Waals surface area contributed by atoms with Gasteiger partial charge >= 0.3 is 0 Å². The highest BCUT2D eigenvalue weighted by atomic mass is 79.9. The number of amides is 1. The Morgan fingerprint density at radius 1 is 1.38 bits per heavy atom. The maximum absolute atomic E-state index is 13.3. The van der Waals surface area contributed by atoms with E-state index in [9.17, 15) is 9.18 Å². The van der Waals surface area contributed by atoms with Crippen LogP contribution in [0, 0.1) is 5.82 Å². The molecule has 3 N–H and O–H groups in total. The summed E-state index contributed by atoms with van der Waals surface area (Å²) in [5.74, 6) is -0.706. The quantitative estimate of drug-likeness (QED) is 0.801. The standard InChI is InChI=1S/C15H19BrFN3O/c16-12-8-13(17)14(18)7-11(12)15(21)19-9-3-5-20-4-1-2-10(20)6-9/h7-10H,1-6,18H2,(H,19,21). The van der Waals surface area contributed by atoms with Crippen LogP contribution < -0.4 is 11.1 Å². The van der Waals surface area contributed by atoms with Crippen LogP contribution in [0.4, 0.5) is 10.1 Å². The lowest BCUT2D eigenvalue weighted by molar-refractivity contribution is 0.0895. The Kier molecular flexibility index (Phi) is 4.17. The Morgan fingerprint density at radius 2 is 2.19 bits per heavy atom. The van der Waals surface area contributed by atoms with Crippen LogP contribution in [-0.4, -0.2) is 36.0 Å². The summed E-state index contributed by atoms with van der Waals surface area (Å²) < 4.78 is 13.8. The number of benzene rings is 1. The summed E-state index contributed by atoms with van der Waals surface area (Å²) >= 11 is 3.23. The number of fused-ring (bicyclic) bond motifs is 1. The molecule has 21 heavy (non-hydrogen) atoms. The molecule has 2 fully saturated rings. The molecule has 0 aromatic heterocycles. The number of nitrogens with two attached hydrogens (primary N) is 1. The van der Waals surface area contributed by atoms with E-state index >= 15 is 0 Å². The Balaban J connectivity index is 1.68. The molecule has 0 bridgehead atoms. The lowest BCUT2D eigenvalue weighted by Crippen LogP contribution is -2.47. The minimum absolute atomic E-state index is 0.00559. The smallest absolute Gasteiger partial charge is 0.252 e. The summed E-state index contributed by atoms with van der Waals surface area (Å²) in [6.07, 6.45) is 4.45. The number of carbonyl (C=O) groups is 1. The molecule has 2 heterocycles. The number of piperidine rings is 1. The molecule has 1 amide bonds. The Bertz CT molecular complexity index is 566. The van der Waals surface area contributed by atoms with Crippen molar-refractivity contribution in [3.8, 4) is 0 Å². The van der Waals surface area contributed by atoms with E-state index in [-0.39, 0.29) is 17.6 Å². The van der Waals surface area contributed by atoms with Crippen LogP contribution in [0.2, 0.25) is 0 Å². The molecule has 2 atom stereocenters. The van der Waals surface area contributed by atoms with Crippen LogP contribution >= 0.6 is 15.9 Å². The van der Waals surface area contributed by atoms with Gasteiger partial charge in [0.25, 0.3) is 5.91 Å². The first-order chi connectivity index (χ1) is 10.0. The van der Waals surface area contributed by atoms with Gasteiger partial charge in [-0.15, -0.1) is 0 Å². The van der Waals surface area contributed by atoms with Crippen LogP contribution in [-0.2, 0) is 0 Å². The fourth-order valence-corrected chi connectivity index (χ4v) is 3.85. The molecule has 2 aliphatic heterocycles. The highest BCUT2D eigenvalue weighted by Gasteiger charge is 2.32. The maximum Gasteiger partial charge on any atom is 0.252 e. The molecular weight excluding hydrogens is 337 g/mol. The number of nitrogen functional groups attached to an aromatic ring is 1. The van der Waals surface area contributed by atoms with E-state index in [1.54, 1.807) is 0 Å². The predicted molar refractivity (Wildman–Crippen MR) is 83.6 cm³/mol. The zero-order valence-electron chi connectivity index (χ0n) is 11.7. The number of anilines is 1. The van der Waals surface area contributed by atoms with Gasteiger partial charge in [0.05, 0.1) is 11.3 Å². The third-order valence-corrected chi connectivity index (χ3v) is 5.14. The molecule has 6 heteroatoms. The average molecular weight is 356 g/mol. The zero-order chi connectivity index (χ0) is 15.0. The summed E-state index contributed by atoms with van der Waals surface area (Å²) in [7, 11) is 0.